The Hall–Kier alpha value is -2.57. The molecule has 1 aromatic carbocycles. The average molecular weight is 326 g/mol. The lowest BCUT2D eigenvalue weighted by Gasteiger charge is -2.46. The number of aliphatic imine (C=N–C) groups is 2. The Labute approximate surface area is 141 Å². The van der Waals surface area contributed by atoms with Crippen LogP contribution in [0.3, 0.4) is 0 Å². The zero-order valence-corrected chi connectivity index (χ0v) is 13.8. The molecule has 2 aliphatic heterocycles. The summed E-state index contributed by atoms with van der Waals surface area (Å²) >= 11 is 0. The van der Waals surface area contributed by atoms with Gasteiger partial charge < -0.3 is 16.4 Å². The third-order valence-electron chi connectivity index (χ3n) is 5.19. The number of amides is 1. The number of benzene rings is 1. The van der Waals surface area contributed by atoms with Gasteiger partial charge in [0.05, 0.1) is 11.3 Å². The molecule has 1 amide bonds. The first-order valence-corrected chi connectivity index (χ1v) is 8.39. The Kier molecular flexibility index (Phi) is 3.26. The Morgan fingerprint density at radius 2 is 1.92 bits per heavy atom. The number of nitrogens with two attached hydrogens (primary N) is 2. The first kappa shape index (κ1) is 15.0. The number of guanidine groups is 2. The number of hydrogen-bond acceptors (Lipinski definition) is 6. The van der Waals surface area contributed by atoms with Crippen LogP contribution >= 0.6 is 0 Å². The molecule has 0 bridgehead atoms. The van der Waals surface area contributed by atoms with Crippen LogP contribution in [0.2, 0.25) is 0 Å². The third-order valence-corrected chi connectivity index (χ3v) is 5.19. The Morgan fingerprint density at radius 3 is 2.67 bits per heavy atom. The van der Waals surface area contributed by atoms with Crippen LogP contribution in [0.15, 0.2) is 28.2 Å². The van der Waals surface area contributed by atoms with Crippen molar-refractivity contribution in [1.82, 2.24) is 4.90 Å². The van der Waals surface area contributed by atoms with Crippen molar-refractivity contribution in [2.75, 3.05) is 11.9 Å². The molecule has 0 aromatic heterocycles. The van der Waals surface area contributed by atoms with Crippen LogP contribution in [-0.4, -0.2) is 35.4 Å². The van der Waals surface area contributed by atoms with Crippen LogP contribution < -0.4 is 16.4 Å². The van der Waals surface area contributed by atoms with E-state index in [1.807, 2.05) is 30.1 Å². The van der Waals surface area contributed by atoms with Crippen LogP contribution in [0.5, 0.6) is 0 Å². The topological polar surface area (TPSA) is 100 Å². The fourth-order valence-electron chi connectivity index (χ4n) is 4.14. The summed E-state index contributed by atoms with van der Waals surface area (Å²) in [7, 11) is 1.81. The molecule has 1 saturated carbocycles. The van der Waals surface area contributed by atoms with Gasteiger partial charge in [0.25, 0.3) is 5.91 Å². The van der Waals surface area contributed by atoms with E-state index in [-0.39, 0.29) is 11.9 Å². The summed E-state index contributed by atoms with van der Waals surface area (Å²) in [6.07, 6.45) is 5.01. The van der Waals surface area contributed by atoms with Gasteiger partial charge in [0.2, 0.25) is 11.9 Å². The van der Waals surface area contributed by atoms with Crippen LogP contribution in [-0.2, 0) is 6.54 Å². The highest BCUT2D eigenvalue weighted by Crippen LogP contribution is 2.42. The molecule has 3 aliphatic rings. The van der Waals surface area contributed by atoms with Crippen molar-refractivity contribution in [3.05, 3.63) is 29.3 Å². The van der Waals surface area contributed by atoms with Gasteiger partial charge in [0, 0.05) is 13.6 Å². The van der Waals surface area contributed by atoms with Crippen LogP contribution in [0.4, 0.5) is 5.69 Å². The zero-order chi connectivity index (χ0) is 16.9. The summed E-state index contributed by atoms with van der Waals surface area (Å²) in [4.78, 5) is 25.2. The highest BCUT2D eigenvalue weighted by molar-refractivity contribution is 6.11. The van der Waals surface area contributed by atoms with Gasteiger partial charge in [-0.2, -0.15) is 4.99 Å². The maximum absolute atomic E-state index is 12.7. The Morgan fingerprint density at radius 1 is 1.17 bits per heavy atom. The number of fused-ring (bicyclic) bond motifs is 1. The van der Waals surface area contributed by atoms with Crippen LogP contribution in [0.1, 0.15) is 48.0 Å². The summed E-state index contributed by atoms with van der Waals surface area (Å²) in [6.45, 7) is 0.616. The third kappa shape index (κ3) is 2.07. The molecule has 1 fully saturated rings. The minimum Gasteiger partial charge on any atom is -0.369 e. The van der Waals surface area contributed by atoms with Crippen molar-refractivity contribution >= 4 is 23.5 Å². The van der Waals surface area contributed by atoms with Gasteiger partial charge in [0.1, 0.15) is 5.66 Å². The van der Waals surface area contributed by atoms with E-state index in [0.29, 0.717) is 18.1 Å². The molecule has 1 aliphatic carbocycles. The number of hydrogen-bond donors (Lipinski definition) is 2. The minimum atomic E-state index is -0.523. The molecule has 1 aromatic rings. The Balaban J connectivity index is 1.88. The van der Waals surface area contributed by atoms with E-state index in [0.717, 1.165) is 36.9 Å². The van der Waals surface area contributed by atoms with Gasteiger partial charge in [-0.05, 0) is 37.3 Å². The molecule has 24 heavy (non-hydrogen) atoms. The number of rotatable bonds is 1. The maximum Gasteiger partial charge on any atom is 0.256 e. The largest absolute Gasteiger partial charge is 0.369 e. The van der Waals surface area contributed by atoms with Gasteiger partial charge in [0.15, 0.2) is 0 Å². The predicted octanol–water partition coefficient (Wildman–Crippen LogP) is 1.38. The van der Waals surface area contributed by atoms with E-state index in [2.05, 4.69) is 9.98 Å². The lowest BCUT2D eigenvalue weighted by Crippen LogP contribution is -2.58. The summed E-state index contributed by atoms with van der Waals surface area (Å²) in [5.74, 6) is 0.559. The smallest absolute Gasteiger partial charge is 0.256 e. The van der Waals surface area contributed by atoms with Crippen molar-refractivity contribution in [2.24, 2.45) is 21.5 Å². The minimum absolute atomic E-state index is 0.0156. The van der Waals surface area contributed by atoms with Gasteiger partial charge in [-0.1, -0.05) is 18.6 Å². The van der Waals surface area contributed by atoms with Crippen molar-refractivity contribution in [3.8, 4) is 0 Å². The van der Waals surface area contributed by atoms with Crippen LogP contribution in [0, 0.1) is 0 Å². The average Bonchev–Trinajstić information content (AvgIpc) is 2.83. The van der Waals surface area contributed by atoms with E-state index in [4.69, 9.17) is 11.5 Å². The van der Waals surface area contributed by atoms with E-state index >= 15 is 0 Å². The molecule has 7 nitrogen and oxygen atoms in total. The molecule has 4 rings (SSSR count). The highest BCUT2D eigenvalue weighted by atomic mass is 16.2. The molecule has 7 heteroatoms. The summed E-state index contributed by atoms with van der Waals surface area (Å²) < 4.78 is 0. The second-order valence-corrected chi connectivity index (χ2v) is 6.79. The Bertz CT molecular complexity index is 762. The molecule has 4 N–H and O–H groups in total. The molecule has 0 unspecified atom stereocenters. The monoisotopic (exact) mass is 326 g/mol. The van der Waals surface area contributed by atoms with Crippen molar-refractivity contribution in [3.63, 3.8) is 0 Å². The van der Waals surface area contributed by atoms with Gasteiger partial charge >= 0.3 is 0 Å². The molecular weight excluding hydrogens is 304 g/mol. The second kappa shape index (κ2) is 5.22. The fourth-order valence-corrected chi connectivity index (χ4v) is 4.14. The highest BCUT2D eigenvalue weighted by Gasteiger charge is 2.44. The summed E-state index contributed by atoms with van der Waals surface area (Å²) in [5.41, 5.74) is 14.2. The van der Waals surface area contributed by atoms with E-state index in [9.17, 15) is 4.79 Å². The van der Waals surface area contributed by atoms with E-state index in [1.54, 1.807) is 4.90 Å². The fraction of sp³-hybridized carbons (Fsp3) is 0.471. The van der Waals surface area contributed by atoms with Gasteiger partial charge in [-0.15, -0.1) is 0 Å². The van der Waals surface area contributed by atoms with Gasteiger partial charge in [-0.25, -0.2) is 4.99 Å². The quantitative estimate of drug-likeness (QED) is 0.814. The van der Waals surface area contributed by atoms with E-state index < -0.39 is 5.66 Å². The second-order valence-electron chi connectivity index (χ2n) is 6.79. The molecule has 0 atom stereocenters. The maximum atomic E-state index is 12.7. The number of carbonyl (C=O) groups excluding carboxylic acids is 1. The molecule has 0 radical (unpaired) electrons. The summed E-state index contributed by atoms with van der Waals surface area (Å²) in [6, 6.07) is 5.89. The lowest BCUT2D eigenvalue weighted by molar-refractivity contribution is 0.0817. The molecule has 1 spiro atoms. The number of anilines is 1. The molecular formula is C17H22N6O. The first-order valence-electron chi connectivity index (χ1n) is 8.39. The van der Waals surface area contributed by atoms with E-state index in [1.165, 1.54) is 6.42 Å². The number of nitrogens with zero attached hydrogens (tertiary/aromatic N) is 4. The normalized spacial score (nSPS) is 22.5. The predicted molar refractivity (Wildman–Crippen MR) is 93.8 cm³/mol. The summed E-state index contributed by atoms with van der Waals surface area (Å²) in [5, 5.41) is 0. The van der Waals surface area contributed by atoms with Crippen LogP contribution in [0.25, 0.3) is 0 Å². The van der Waals surface area contributed by atoms with Crippen molar-refractivity contribution in [1.29, 1.82) is 0 Å². The SMILES string of the molecule is CN1Cc2cccc(N3C(N)=NC(N)=NC34CCCCC4)c2C1=O. The standard InChI is InChI=1S/C17H22N6O/c1-22-10-11-6-5-7-12(13(11)14(22)24)23-16(19)20-15(18)21-17(23)8-3-2-4-9-17/h5-7H,2-4,8-10H2,1H3,(H4,18,19,20,21). The lowest BCUT2D eigenvalue weighted by atomic mass is 9.86. The van der Waals surface area contributed by atoms with Gasteiger partial charge in [-0.3, -0.25) is 9.69 Å². The number of carbonyl (C=O) groups is 1. The van der Waals surface area contributed by atoms with Crippen molar-refractivity contribution in [2.45, 2.75) is 44.3 Å². The molecule has 126 valence electrons. The molecule has 0 saturated heterocycles. The van der Waals surface area contributed by atoms with Crippen molar-refractivity contribution < 1.29 is 4.79 Å². The first-order chi connectivity index (χ1) is 11.5. The zero-order valence-electron chi connectivity index (χ0n) is 13.8. The molecule has 2 heterocycles.